The Labute approximate surface area is 192 Å². The van der Waals surface area contributed by atoms with Gasteiger partial charge in [0.25, 0.3) is 0 Å². The second kappa shape index (κ2) is 8.05. The second-order valence-corrected chi connectivity index (χ2v) is 9.44. The van der Waals surface area contributed by atoms with E-state index in [2.05, 4.69) is 110 Å². The zero-order valence-corrected chi connectivity index (χ0v) is 20.8. The van der Waals surface area contributed by atoms with Gasteiger partial charge < -0.3 is 0 Å². The molecule has 164 valence electrons. The van der Waals surface area contributed by atoms with Crippen LogP contribution in [0.15, 0.2) is 36.4 Å². The summed E-state index contributed by atoms with van der Waals surface area (Å²) in [5, 5.41) is 5.11. The number of hydrogen-bond donors (Lipinski definition) is 0. The molecule has 3 nitrogen and oxygen atoms in total. The fraction of sp³-hybridized carbons (Fsp3) is 0.310. The second-order valence-electron chi connectivity index (χ2n) is 9.44. The lowest BCUT2D eigenvalue weighted by molar-refractivity contribution is -0.665. The topological polar surface area (TPSA) is 21.7 Å². The molecule has 1 aromatic heterocycles. The number of aromatic nitrogens is 3. The van der Waals surface area contributed by atoms with Crippen LogP contribution in [0.5, 0.6) is 0 Å². The number of aryl methyl sites for hydroxylation is 9. The lowest BCUT2D eigenvalue weighted by Crippen LogP contribution is -2.35. The van der Waals surface area contributed by atoms with Gasteiger partial charge in [0.15, 0.2) is 5.69 Å². The highest BCUT2D eigenvalue weighted by molar-refractivity contribution is 5.69. The first-order chi connectivity index (χ1) is 15.1. The molecule has 0 saturated heterocycles. The molecule has 0 fully saturated rings. The highest BCUT2D eigenvalue weighted by Gasteiger charge is 2.22. The third-order valence-corrected chi connectivity index (χ3v) is 6.21. The number of nitrogens with zero attached hydrogens (tertiary/aromatic N) is 3. The molecular formula is C29H33N3. The van der Waals surface area contributed by atoms with E-state index in [0.29, 0.717) is 0 Å². The van der Waals surface area contributed by atoms with E-state index in [0.717, 1.165) is 17.1 Å². The van der Waals surface area contributed by atoms with Crippen molar-refractivity contribution in [2.24, 2.45) is 0 Å². The van der Waals surface area contributed by atoms with E-state index >= 15 is 0 Å². The average molecular weight is 424 g/mol. The molecule has 0 atom stereocenters. The summed E-state index contributed by atoms with van der Waals surface area (Å²) < 4.78 is 4.03. The minimum atomic E-state index is 0.995. The maximum atomic E-state index is 5.11. The smallest absolute Gasteiger partial charge is 0.159 e. The molecule has 3 heteroatoms. The van der Waals surface area contributed by atoms with Gasteiger partial charge in [-0.15, -0.1) is 4.68 Å². The van der Waals surface area contributed by atoms with Gasteiger partial charge in [0.1, 0.15) is 0 Å². The fourth-order valence-electron chi connectivity index (χ4n) is 5.29. The summed E-state index contributed by atoms with van der Waals surface area (Å²) in [6.45, 7) is 19.4. The quantitative estimate of drug-likeness (QED) is 0.276. The van der Waals surface area contributed by atoms with E-state index in [4.69, 9.17) is 5.21 Å². The van der Waals surface area contributed by atoms with Gasteiger partial charge >= 0.3 is 0 Å². The van der Waals surface area contributed by atoms with E-state index in [1.54, 1.807) is 0 Å². The summed E-state index contributed by atoms with van der Waals surface area (Å²) in [5.74, 6) is 0. The van der Waals surface area contributed by atoms with Gasteiger partial charge in [-0.05, 0) is 59.6 Å². The Hall–Kier alpha value is -3.20. The predicted octanol–water partition coefficient (Wildman–Crippen LogP) is 6.39. The Morgan fingerprint density at radius 1 is 0.594 bits per heavy atom. The normalized spacial score (nSPS) is 11.3. The summed E-state index contributed by atoms with van der Waals surface area (Å²) in [6, 6.07) is 13.4. The molecule has 0 radical (unpaired) electrons. The molecule has 0 aliphatic heterocycles. The molecule has 0 unspecified atom stereocenters. The molecule has 0 amide bonds. The number of benzene rings is 3. The van der Waals surface area contributed by atoms with Crippen LogP contribution < -0.4 is 4.68 Å². The van der Waals surface area contributed by atoms with E-state index in [9.17, 15) is 0 Å². The minimum absolute atomic E-state index is 0.995. The first kappa shape index (κ1) is 22.0. The summed E-state index contributed by atoms with van der Waals surface area (Å²) in [4.78, 5) is 0. The molecule has 32 heavy (non-hydrogen) atoms. The Morgan fingerprint density at radius 2 is 1.00 bits per heavy atom. The Kier molecular flexibility index (Phi) is 5.54. The molecule has 4 aromatic rings. The fourth-order valence-corrected chi connectivity index (χ4v) is 5.29. The van der Waals surface area contributed by atoms with Crippen molar-refractivity contribution in [1.29, 1.82) is 0 Å². The molecule has 0 spiro atoms. The van der Waals surface area contributed by atoms with E-state index in [-0.39, 0.29) is 0 Å². The van der Waals surface area contributed by atoms with Crippen LogP contribution in [0, 0.1) is 68.5 Å². The molecule has 0 aliphatic carbocycles. The van der Waals surface area contributed by atoms with Gasteiger partial charge in [0.2, 0.25) is 0 Å². The van der Waals surface area contributed by atoms with Crippen LogP contribution in [0.3, 0.4) is 0 Å². The van der Waals surface area contributed by atoms with Crippen LogP contribution in [0.4, 0.5) is 0 Å². The zero-order valence-electron chi connectivity index (χ0n) is 20.8. The first-order valence-electron chi connectivity index (χ1n) is 11.3. The first-order valence-corrected chi connectivity index (χ1v) is 11.3. The minimum Gasteiger partial charge on any atom is -0.206 e. The number of hydrogen-bond acceptors (Lipinski definition) is 1. The van der Waals surface area contributed by atoms with Crippen LogP contribution in [0.1, 0.15) is 50.1 Å². The zero-order chi connectivity index (χ0) is 23.3. The van der Waals surface area contributed by atoms with Crippen molar-refractivity contribution in [2.75, 3.05) is 0 Å². The monoisotopic (exact) mass is 423 g/mol. The molecule has 0 bridgehead atoms. The largest absolute Gasteiger partial charge is 0.206 e. The van der Waals surface area contributed by atoms with E-state index in [1.165, 1.54) is 55.6 Å². The Balaban J connectivity index is 2.09. The van der Waals surface area contributed by atoms with Crippen molar-refractivity contribution in [3.05, 3.63) is 92.7 Å². The molecular weight excluding hydrogens is 390 g/mol. The van der Waals surface area contributed by atoms with E-state index in [1.807, 2.05) is 4.68 Å². The van der Waals surface area contributed by atoms with E-state index < -0.39 is 0 Å². The lowest BCUT2D eigenvalue weighted by atomic mass is 9.97. The van der Waals surface area contributed by atoms with Crippen LogP contribution in [0.25, 0.3) is 22.6 Å². The van der Waals surface area contributed by atoms with Crippen molar-refractivity contribution < 1.29 is 4.68 Å². The van der Waals surface area contributed by atoms with Gasteiger partial charge in [-0.25, -0.2) is 4.68 Å². The third-order valence-electron chi connectivity index (χ3n) is 6.21. The van der Waals surface area contributed by atoms with Crippen molar-refractivity contribution in [1.82, 2.24) is 9.90 Å². The van der Waals surface area contributed by atoms with Crippen molar-refractivity contribution in [3.63, 3.8) is 0 Å². The number of rotatable bonds is 3. The molecule has 0 N–H and O–H groups in total. The lowest BCUT2D eigenvalue weighted by Gasteiger charge is -2.15. The van der Waals surface area contributed by atoms with Gasteiger partial charge in [-0.2, -0.15) is 0 Å². The summed E-state index contributed by atoms with van der Waals surface area (Å²) in [7, 11) is 0. The van der Waals surface area contributed by atoms with Crippen molar-refractivity contribution in [2.45, 2.75) is 62.3 Å². The Morgan fingerprint density at radius 3 is 1.47 bits per heavy atom. The van der Waals surface area contributed by atoms with Gasteiger partial charge in [-0.3, -0.25) is 0 Å². The predicted molar refractivity (Wildman–Crippen MR) is 132 cm³/mol. The summed E-state index contributed by atoms with van der Waals surface area (Å²) in [5.41, 5.74) is 15.5. The van der Waals surface area contributed by atoms with Gasteiger partial charge in [-0.1, -0.05) is 94.8 Å². The van der Waals surface area contributed by atoms with Gasteiger partial charge in [0.05, 0.1) is 22.8 Å². The molecule has 1 heterocycles. The van der Waals surface area contributed by atoms with Crippen molar-refractivity contribution >= 4 is 0 Å². The van der Waals surface area contributed by atoms with Crippen molar-refractivity contribution in [3.8, 4) is 22.6 Å². The summed E-state index contributed by atoms with van der Waals surface area (Å²) in [6.07, 6.45) is 3.65. The SMILES string of the molecule is Cc1cc(C)c(-c2[c-][n+](-c3c(C)cc(C)cc3C)nn2-c2c(C)cc(C)cc2C)c(C)c1. The standard InChI is InChI=1S/C29H33N3/c1-17-10-20(4)27(21(5)11-17)26-16-31(28-22(6)12-18(2)13-23(28)7)30-32(26)29-24(8)14-19(3)15-25(29)9/h10-15H,1-9H3. The maximum Gasteiger partial charge on any atom is 0.159 e. The third kappa shape index (κ3) is 3.77. The molecule has 0 saturated carbocycles. The highest BCUT2D eigenvalue weighted by Crippen LogP contribution is 2.31. The average Bonchev–Trinajstić information content (AvgIpc) is 3.03. The van der Waals surface area contributed by atoms with Crippen LogP contribution in [0.2, 0.25) is 0 Å². The maximum absolute atomic E-state index is 5.11. The van der Waals surface area contributed by atoms with Crippen LogP contribution in [-0.4, -0.2) is 9.90 Å². The van der Waals surface area contributed by atoms with Crippen LogP contribution in [-0.2, 0) is 0 Å². The molecule has 3 aromatic carbocycles. The summed E-state index contributed by atoms with van der Waals surface area (Å²) >= 11 is 0. The van der Waals surface area contributed by atoms with Crippen LogP contribution >= 0.6 is 0 Å². The molecule has 4 rings (SSSR count). The van der Waals surface area contributed by atoms with Gasteiger partial charge in [0, 0.05) is 0 Å². The Bertz CT molecular complexity index is 1210. The molecule has 0 aliphatic rings. The highest BCUT2D eigenvalue weighted by atomic mass is 15.5.